The molecule has 1 nitrogen and oxygen atoms in total. The molecule has 0 saturated carbocycles. The predicted octanol–water partition coefficient (Wildman–Crippen LogP) is 4.66. The molecule has 0 saturated heterocycles. The first-order valence-corrected chi connectivity index (χ1v) is 8.33. The molecule has 0 aliphatic rings. The van der Waals surface area contributed by atoms with Gasteiger partial charge in [-0.25, -0.2) is 0 Å². The quantitative estimate of drug-likeness (QED) is 0.808. The summed E-state index contributed by atoms with van der Waals surface area (Å²) < 4.78 is 1.14. The second kappa shape index (κ2) is 7.22. The maximum absolute atomic E-state index is 3.68. The topological polar surface area (TPSA) is 12.0 Å². The van der Waals surface area contributed by atoms with Crippen molar-refractivity contribution in [2.75, 3.05) is 0 Å². The van der Waals surface area contributed by atoms with Crippen LogP contribution in [0, 0.1) is 0 Å². The lowest BCUT2D eigenvalue weighted by Gasteiger charge is -2.19. The highest BCUT2D eigenvalue weighted by atomic mass is 79.9. The molecule has 2 aromatic rings. The zero-order chi connectivity index (χ0) is 13.7. The van der Waals surface area contributed by atoms with Gasteiger partial charge in [0, 0.05) is 21.4 Å². The minimum Gasteiger partial charge on any atom is -0.311 e. The summed E-state index contributed by atoms with van der Waals surface area (Å²) in [5, 5.41) is 5.82. The van der Waals surface area contributed by atoms with Crippen molar-refractivity contribution >= 4 is 27.3 Å². The Morgan fingerprint density at radius 3 is 2.37 bits per heavy atom. The van der Waals surface area contributed by atoms with Crippen LogP contribution in [0.2, 0.25) is 0 Å². The van der Waals surface area contributed by atoms with Crippen molar-refractivity contribution in [3.63, 3.8) is 0 Å². The highest BCUT2D eigenvalue weighted by Gasteiger charge is 2.09. The zero-order valence-corrected chi connectivity index (χ0v) is 13.8. The maximum Gasteiger partial charge on any atom is 0.0175 e. The van der Waals surface area contributed by atoms with E-state index < -0.39 is 0 Å². The molecule has 1 heterocycles. The first-order valence-electron chi connectivity index (χ1n) is 6.66. The zero-order valence-electron chi connectivity index (χ0n) is 11.4. The van der Waals surface area contributed by atoms with E-state index in [1.807, 2.05) is 11.3 Å². The molecule has 1 N–H and O–H groups in total. The van der Waals surface area contributed by atoms with Crippen molar-refractivity contribution in [3.05, 3.63) is 56.7 Å². The van der Waals surface area contributed by atoms with Crippen LogP contribution in [0.3, 0.4) is 0 Å². The van der Waals surface area contributed by atoms with Crippen LogP contribution in [0.15, 0.2) is 46.3 Å². The second-order valence-electron chi connectivity index (χ2n) is 5.08. The Bertz CT molecular complexity index is 478. The third-order valence-corrected chi connectivity index (χ3v) is 4.54. The van der Waals surface area contributed by atoms with Gasteiger partial charge in [-0.3, -0.25) is 0 Å². The van der Waals surface area contributed by atoms with Crippen molar-refractivity contribution in [1.29, 1.82) is 0 Å². The summed E-state index contributed by atoms with van der Waals surface area (Å²) in [4.78, 5) is 1.45. The molecule has 1 aromatic heterocycles. The Morgan fingerprint density at radius 2 is 1.74 bits per heavy atom. The van der Waals surface area contributed by atoms with Crippen LogP contribution in [0.25, 0.3) is 0 Å². The number of thiophene rings is 1. The number of hydrogen-bond acceptors (Lipinski definition) is 2. The summed E-state index contributed by atoms with van der Waals surface area (Å²) in [6, 6.07) is 13.9. The van der Waals surface area contributed by atoms with Gasteiger partial charge in [0.1, 0.15) is 0 Å². The van der Waals surface area contributed by atoms with Crippen molar-refractivity contribution in [3.8, 4) is 0 Å². The van der Waals surface area contributed by atoms with Gasteiger partial charge >= 0.3 is 0 Å². The van der Waals surface area contributed by atoms with E-state index in [2.05, 4.69) is 76.9 Å². The SMILES string of the molecule is CC(Cc1ccc(Br)cc1)NC(C)Cc1cccs1. The highest BCUT2D eigenvalue weighted by Crippen LogP contribution is 2.13. The largest absolute Gasteiger partial charge is 0.311 e. The molecule has 102 valence electrons. The van der Waals surface area contributed by atoms with Crippen molar-refractivity contribution in [2.45, 2.75) is 38.8 Å². The normalized spacial score (nSPS) is 14.3. The van der Waals surface area contributed by atoms with Crippen LogP contribution in [0.4, 0.5) is 0 Å². The minimum atomic E-state index is 0.496. The molecule has 0 aliphatic carbocycles. The van der Waals surface area contributed by atoms with Gasteiger partial charge in [0.2, 0.25) is 0 Å². The second-order valence-corrected chi connectivity index (χ2v) is 7.03. The van der Waals surface area contributed by atoms with Crippen molar-refractivity contribution in [1.82, 2.24) is 5.32 Å². The van der Waals surface area contributed by atoms with Crippen LogP contribution < -0.4 is 5.32 Å². The van der Waals surface area contributed by atoms with Crippen LogP contribution >= 0.6 is 27.3 Å². The van der Waals surface area contributed by atoms with E-state index in [4.69, 9.17) is 0 Å². The molecule has 0 spiro atoms. The molecular formula is C16H20BrNS. The molecule has 3 heteroatoms. The molecule has 1 aromatic carbocycles. The number of halogens is 1. The van der Waals surface area contributed by atoms with E-state index in [1.54, 1.807) is 0 Å². The summed E-state index contributed by atoms with van der Waals surface area (Å²) in [6.07, 6.45) is 2.18. The van der Waals surface area contributed by atoms with E-state index in [9.17, 15) is 0 Å². The molecule has 19 heavy (non-hydrogen) atoms. The summed E-state index contributed by atoms with van der Waals surface area (Å²) in [5.41, 5.74) is 1.38. The van der Waals surface area contributed by atoms with Gasteiger partial charge in [-0.05, 0) is 55.8 Å². The fraction of sp³-hybridized carbons (Fsp3) is 0.375. The lowest BCUT2D eigenvalue weighted by Crippen LogP contribution is -2.37. The van der Waals surface area contributed by atoms with Crippen LogP contribution in [0.5, 0.6) is 0 Å². The van der Waals surface area contributed by atoms with E-state index in [1.165, 1.54) is 10.4 Å². The Kier molecular flexibility index (Phi) is 5.61. The molecular weight excluding hydrogens is 318 g/mol. The molecule has 2 rings (SSSR count). The first-order chi connectivity index (χ1) is 9.13. The summed E-state index contributed by atoms with van der Waals surface area (Å²) in [7, 11) is 0. The Balaban J connectivity index is 1.80. The number of benzene rings is 1. The van der Waals surface area contributed by atoms with Crippen LogP contribution in [-0.4, -0.2) is 12.1 Å². The third-order valence-electron chi connectivity index (χ3n) is 3.11. The number of rotatable bonds is 6. The monoisotopic (exact) mass is 337 g/mol. The van der Waals surface area contributed by atoms with E-state index in [-0.39, 0.29) is 0 Å². The lowest BCUT2D eigenvalue weighted by molar-refractivity contribution is 0.464. The fourth-order valence-electron chi connectivity index (χ4n) is 2.31. The average molecular weight is 338 g/mol. The smallest absolute Gasteiger partial charge is 0.0175 e. The first kappa shape index (κ1) is 14.8. The highest BCUT2D eigenvalue weighted by molar-refractivity contribution is 9.10. The third kappa shape index (κ3) is 5.09. The average Bonchev–Trinajstić information content (AvgIpc) is 2.84. The van der Waals surface area contributed by atoms with Gasteiger partial charge in [0.15, 0.2) is 0 Å². The predicted molar refractivity (Wildman–Crippen MR) is 87.9 cm³/mol. The summed E-state index contributed by atoms with van der Waals surface area (Å²) in [5.74, 6) is 0. The van der Waals surface area contributed by atoms with E-state index in [0.717, 1.165) is 17.3 Å². The van der Waals surface area contributed by atoms with Gasteiger partial charge in [0.05, 0.1) is 0 Å². The fourth-order valence-corrected chi connectivity index (χ4v) is 3.41. The standard InChI is InChI=1S/C16H20BrNS/c1-12(10-14-5-7-15(17)8-6-14)18-13(2)11-16-4-3-9-19-16/h3-9,12-13,18H,10-11H2,1-2H3. The molecule has 0 bridgehead atoms. The molecule has 2 atom stereocenters. The molecule has 0 aliphatic heterocycles. The summed E-state index contributed by atoms with van der Waals surface area (Å²) >= 11 is 5.31. The maximum atomic E-state index is 3.68. The number of nitrogens with one attached hydrogen (secondary N) is 1. The van der Waals surface area contributed by atoms with E-state index in [0.29, 0.717) is 12.1 Å². The molecule has 0 fully saturated rings. The number of hydrogen-bond donors (Lipinski definition) is 1. The Morgan fingerprint density at radius 1 is 1.05 bits per heavy atom. The summed E-state index contributed by atoms with van der Waals surface area (Å²) in [6.45, 7) is 4.52. The lowest BCUT2D eigenvalue weighted by atomic mass is 10.1. The molecule has 2 unspecified atom stereocenters. The molecule has 0 radical (unpaired) electrons. The van der Waals surface area contributed by atoms with Gasteiger partial charge in [-0.15, -0.1) is 11.3 Å². The van der Waals surface area contributed by atoms with Gasteiger partial charge in [-0.1, -0.05) is 34.1 Å². The molecule has 0 amide bonds. The van der Waals surface area contributed by atoms with Crippen LogP contribution in [-0.2, 0) is 12.8 Å². The van der Waals surface area contributed by atoms with Gasteiger partial charge in [-0.2, -0.15) is 0 Å². The van der Waals surface area contributed by atoms with Crippen LogP contribution in [0.1, 0.15) is 24.3 Å². The minimum absolute atomic E-state index is 0.496. The van der Waals surface area contributed by atoms with Gasteiger partial charge in [0.25, 0.3) is 0 Å². The van der Waals surface area contributed by atoms with Crippen molar-refractivity contribution in [2.24, 2.45) is 0 Å². The van der Waals surface area contributed by atoms with Gasteiger partial charge < -0.3 is 5.32 Å². The Labute approximate surface area is 128 Å². The van der Waals surface area contributed by atoms with Crippen molar-refractivity contribution < 1.29 is 0 Å². The van der Waals surface area contributed by atoms with E-state index >= 15 is 0 Å². The Hall–Kier alpha value is -0.640.